The van der Waals surface area contributed by atoms with Gasteiger partial charge in [-0.05, 0) is 12.1 Å². The minimum Gasteiger partial charge on any atom is -0.437 e. The van der Waals surface area contributed by atoms with Crippen LogP contribution in [0.2, 0.25) is 10.0 Å². The molecule has 0 aliphatic heterocycles. The summed E-state index contributed by atoms with van der Waals surface area (Å²) < 4.78 is 5.71. The summed E-state index contributed by atoms with van der Waals surface area (Å²) in [4.78, 5) is 8.71. The lowest BCUT2D eigenvalue weighted by Crippen LogP contribution is -2.19. The van der Waals surface area contributed by atoms with E-state index in [-0.39, 0.29) is 5.41 Å². The standard InChI is InChI=1S/C14H16Cl2N4O/c1-14(2,3)13-18-10(20-17)7-11(19-13)21-9-6-4-5-8(15)12(9)16/h4-7H,17H2,1-3H3,(H,18,19,20). The van der Waals surface area contributed by atoms with Crippen LogP contribution in [0.3, 0.4) is 0 Å². The highest BCUT2D eigenvalue weighted by molar-refractivity contribution is 6.42. The second kappa shape index (κ2) is 6.05. The summed E-state index contributed by atoms with van der Waals surface area (Å²) in [6.07, 6.45) is 0. The van der Waals surface area contributed by atoms with Crippen molar-refractivity contribution in [2.75, 3.05) is 5.43 Å². The molecule has 0 aliphatic rings. The molecule has 2 rings (SSSR count). The maximum atomic E-state index is 6.11. The molecule has 0 saturated carbocycles. The Labute approximate surface area is 133 Å². The SMILES string of the molecule is CC(C)(C)c1nc(NN)cc(Oc2cccc(Cl)c2Cl)n1. The minimum absolute atomic E-state index is 0.247. The molecule has 0 saturated heterocycles. The minimum atomic E-state index is -0.247. The summed E-state index contributed by atoms with van der Waals surface area (Å²) in [7, 11) is 0. The fraction of sp³-hybridized carbons (Fsp3) is 0.286. The first kappa shape index (κ1) is 15.8. The number of hydrazine groups is 1. The molecular formula is C14H16Cl2N4O. The van der Waals surface area contributed by atoms with Crippen molar-refractivity contribution >= 4 is 29.0 Å². The van der Waals surface area contributed by atoms with Gasteiger partial charge in [-0.15, -0.1) is 0 Å². The van der Waals surface area contributed by atoms with E-state index in [2.05, 4.69) is 15.4 Å². The van der Waals surface area contributed by atoms with E-state index < -0.39 is 0 Å². The van der Waals surface area contributed by atoms with Gasteiger partial charge < -0.3 is 10.2 Å². The molecule has 0 fully saturated rings. The van der Waals surface area contributed by atoms with Gasteiger partial charge in [-0.3, -0.25) is 0 Å². The van der Waals surface area contributed by atoms with Crippen LogP contribution in [0.1, 0.15) is 26.6 Å². The highest BCUT2D eigenvalue weighted by Gasteiger charge is 2.20. The lowest BCUT2D eigenvalue weighted by molar-refractivity contribution is 0.446. The van der Waals surface area contributed by atoms with Crippen molar-refractivity contribution in [3.8, 4) is 11.6 Å². The topological polar surface area (TPSA) is 73.1 Å². The number of anilines is 1. The number of nitrogen functional groups attached to an aromatic ring is 1. The fourth-order valence-electron chi connectivity index (χ4n) is 1.56. The van der Waals surface area contributed by atoms with Crippen LogP contribution in [0.5, 0.6) is 11.6 Å². The van der Waals surface area contributed by atoms with Crippen molar-refractivity contribution in [2.45, 2.75) is 26.2 Å². The molecule has 0 bridgehead atoms. The Balaban J connectivity index is 2.42. The Morgan fingerprint density at radius 2 is 1.90 bits per heavy atom. The van der Waals surface area contributed by atoms with Gasteiger partial charge >= 0.3 is 0 Å². The molecule has 0 unspecified atom stereocenters. The number of rotatable bonds is 3. The fourth-order valence-corrected chi connectivity index (χ4v) is 1.89. The molecule has 0 radical (unpaired) electrons. The molecule has 3 N–H and O–H groups in total. The van der Waals surface area contributed by atoms with Gasteiger partial charge in [0, 0.05) is 11.5 Å². The van der Waals surface area contributed by atoms with Crippen LogP contribution in [-0.4, -0.2) is 9.97 Å². The van der Waals surface area contributed by atoms with Crippen LogP contribution in [0, 0.1) is 0 Å². The van der Waals surface area contributed by atoms with Crippen molar-refractivity contribution in [1.82, 2.24) is 9.97 Å². The molecule has 0 atom stereocenters. The predicted octanol–water partition coefficient (Wildman–Crippen LogP) is 4.16. The summed E-state index contributed by atoms with van der Waals surface area (Å²) in [6.45, 7) is 6.00. The van der Waals surface area contributed by atoms with Crippen LogP contribution in [0.4, 0.5) is 5.82 Å². The van der Waals surface area contributed by atoms with Crippen molar-refractivity contribution in [1.29, 1.82) is 0 Å². The molecule has 2 aromatic rings. The van der Waals surface area contributed by atoms with Crippen LogP contribution in [-0.2, 0) is 5.41 Å². The largest absolute Gasteiger partial charge is 0.437 e. The van der Waals surface area contributed by atoms with E-state index >= 15 is 0 Å². The molecule has 0 spiro atoms. The number of hydrogen-bond acceptors (Lipinski definition) is 5. The van der Waals surface area contributed by atoms with Crippen molar-refractivity contribution in [2.24, 2.45) is 5.84 Å². The first-order valence-electron chi connectivity index (χ1n) is 6.29. The van der Waals surface area contributed by atoms with Gasteiger partial charge in [0.2, 0.25) is 5.88 Å². The second-order valence-corrected chi connectivity index (χ2v) is 6.25. The van der Waals surface area contributed by atoms with E-state index in [4.69, 9.17) is 33.8 Å². The van der Waals surface area contributed by atoms with Crippen molar-refractivity contribution in [3.05, 3.63) is 40.1 Å². The van der Waals surface area contributed by atoms with Crippen LogP contribution < -0.4 is 16.0 Å². The molecule has 112 valence electrons. The van der Waals surface area contributed by atoms with Crippen molar-refractivity contribution in [3.63, 3.8) is 0 Å². The number of aromatic nitrogens is 2. The maximum absolute atomic E-state index is 6.11. The molecule has 21 heavy (non-hydrogen) atoms. The molecule has 7 heteroatoms. The van der Waals surface area contributed by atoms with Gasteiger partial charge in [0.15, 0.2) is 0 Å². The summed E-state index contributed by atoms with van der Waals surface area (Å²) >= 11 is 12.1. The van der Waals surface area contributed by atoms with Crippen LogP contribution in [0.15, 0.2) is 24.3 Å². The summed E-state index contributed by atoms with van der Waals surface area (Å²) in [6, 6.07) is 6.73. The number of benzene rings is 1. The highest BCUT2D eigenvalue weighted by atomic mass is 35.5. The quantitative estimate of drug-likeness (QED) is 0.654. The molecule has 0 amide bonds. The Bertz CT molecular complexity index is 656. The zero-order valence-corrected chi connectivity index (χ0v) is 13.5. The van der Waals surface area contributed by atoms with Gasteiger partial charge in [0.1, 0.15) is 22.4 Å². The van der Waals surface area contributed by atoms with Gasteiger partial charge in [-0.1, -0.05) is 50.0 Å². The first-order chi connectivity index (χ1) is 9.81. The molecule has 1 heterocycles. The van der Waals surface area contributed by atoms with Crippen LogP contribution >= 0.6 is 23.2 Å². The lowest BCUT2D eigenvalue weighted by Gasteiger charge is -2.18. The summed E-state index contributed by atoms with van der Waals surface area (Å²) in [5, 5.41) is 0.744. The van der Waals surface area contributed by atoms with E-state index in [0.29, 0.717) is 33.3 Å². The third-order valence-electron chi connectivity index (χ3n) is 2.65. The molecule has 0 aliphatic carbocycles. The number of hydrogen-bond donors (Lipinski definition) is 2. The summed E-state index contributed by atoms with van der Waals surface area (Å²) in [5.74, 6) is 7.26. The van der Waals surface area contributed by atoms with E-state index in [1.54, 1.807) is 24.3 Å². The molecule has 1 aromatic heterocycles. The Morgan fingerprint density at radius 1 is 1.19 bits per heavy atom. The van der Waals surface area contributed by atoms with E-state index in [0.717, 1.165) is 0 Å². The highest BCUT2D eigenvalue weighted by Crippen LogP contribution is 2.35. The van der Waals surface area contributed by atoms with E-state index in [9.17, 15) is 0 Å². The third kappa shape index (κ3) is 3.75. The average molecular weight is 327 g/mol. The smallest absolute Gasteiger partial charge is 0.224 e. The third-order valence-corrected chi connectivity index (χ3v) is 3.45. The zero-order chi connectivity index (χ0) is 15.6. The lowest BCUT2D eigenvalue weighted by atomic mass is 9.96. The zero-order valence-electron chi connectivity index (χ0n) is 11.9. The predicted molar refractivity (Wildman–Crippen MR) is 85.1 cm³/mol. The average Bonchev–Trinajstić information content (AvgIpc) is 2.42. The summed E-state index contributed by atoms with van der Waals surface area (Å²) in [5.41, 5.74) is 2.25. The van der Waals surface area contributed by atoms with Crippen molar-refractivity contribution < 1.29 is 4.74 Å². The maximum Gasteiger partial charge on any atom is 0.224 e. The van der Waals surface area contributed by atoms with Gasteiger partial charge in [0.05, 0.1) is 5.02 Å². The Hall–Kier alpha value is -1.56. The number of halogens is 2. The Morgan fingerprint density at radius 3 is 2.52 bits per heavy atom. The molecule has 5 nitrogen and oxygen atoms in total. The second-order valence-electron chi connectivity index (χ2n) is 5.46. The number of nitrogens with one attached hydrogen (secondary N) is 1. The van der Waals surface area contributed by atoms with Gasteiger partial charge in [0.25, 0.3) is 0 Å². The number of ether oxygens (including phenoxy) is 1. The van der Waals surface area contributed by atoms with Gasteiger partial charge in [-0.25, -0.2) is 10.8 Å². The number of nitrogens with zero attached hydrogens (tertiary/aromatic N) is 2. The molecular weight excluding hydrogens is 311 g/mol. The Kier molecular flexibility index (Phi) is 4.56. The normalized spacial score (nSPS) is 11.3. The molecule has 1 aromatic carbocycles. The first-order valence-corrected chi connectivity index (χ1v) is 7.05. The van der Waals surface area contributed by atoms with E-state index in [1.165, 1.54) is 0 Å². The van der Waals surface area contributed by atoms with Gasteiger partial charge in [-0.2, -0.15) is 4.98 Å². The number of nitrogens with two attached hydrogens (primary N) is 1. The van der Waals surface area contributed by atoms with E-state index in [1.807, 2.05) is 20.8 Å². The monoisotopic (exact) mass is 326 g/mol. The van der Waals surface area contributed by atoms with Crippen LogP contribution in [0.25, 0.3) is 0 Å².